The Morgan fingerprint density at radius 2 is 1.81 bits per heavy atom. The molecule has 2 aromatic carbocycles. The van der Waals surface area contributed by atoms with Gasteiger partial charge in [0.15, 0.2) is 5.16 Å². The zero-order valence-corrected chi connectivity index (χ0v) is 15.4. The number of aryl methyl sites for hydroxylation is 1. The molecule has 0 bridgehead atoms. The summed E-state index contributed by atoms with van der Waals surface area (Å²) in [4.78, 5) is 22.2. The van der Waals surface area contributed by atoms with Gasteiger partial charge in [-0.1, -0.05) is 42.1 Å². The van der Waals surface area contributed by atoms with Gasteiger partial charge in [-0.2, -0.15) is 0 Å². The Bertz CT molecular complexity index is 1150. The third kappa shape index (κ3) is 3.61. The predicted octanol–water partition coefficient (Wildman–Crippen LogP) is 4.52. The van der Waals surface area contributed by atoms with Crippen molar-refractivity contribution in [2.45, 2.75) is 17.8 Å². The molecule has 4 rings (SSSR count). The fraction of sp³-hybridized carbons (Fsp3) is 0.0952. The summed E-state index contributed by atoms with van der Waals surface area (Å²) in [6, 6.07) is 17.3. The highest BCUT2D eigenvalue weighted by Gasteiger charge is 2.14. The first-order chi connectivity index (χ1) is 13.1. The SMILES string of the molecule is Cc1ccc(-n2c(SCc3ccc(F)cc3)nc3ccccc3c2=O)nc1. The van der Waals surface area contributed by atoms with Gasteiger partial charge in [-0.3, -0.25) is 4.79 Å². The van der Waals surface area contributed by atoms with Crippen LogP contribution in [0.3, 0.4) is 0 Å². The first kappa shape index (κ1) is 17.4. The number of nitrogens with zero attached hydrogens (tertiary/aromatic N) is 3. The van der Waals surface area contributed by atoms with Crippen molar-refractivity contribution in [3.63, 3.8) is 0 Å². The van der Waals surface area contributed by atoms with Gasteiger partial charge in [0.2, 0.25) is 0 Å². The van der Waals surface area contributed by atoms with Crippen LogP contribution in [0, 0.1) is 12.7 Å². The summed E-state index contributed by atoms with van der Waals surface area (Å²) in [5.41, 5.74) is 2.46. The topological polar surface area (TPSA) is 47.8 Å². The minimum Gasteiger partial charge on any atom is -0.268 e. The van der Waals surface area contributed by atoms with Gasteiger partial charge in [0.25, 0.3) is 5.56 Å². The van der Waals surface area contributed by atoms with E-state index >= 15 is 0 Å². The molecule has 0 amide bonds. The predicted molar refractivity (Wildman–Crippen MR) is 106 cm³/mol. The van der Waals surface area contributed by atoms with Crippen molar-refractivity contribution in [2.24, 2.45) is 0 Å². The van der Waals surface area contributed by atoms with Crippen LogP contribution in [0.4, 0.5) is 4.39 Å². The molecular weight excluding hydrogens is 361 g/mol. The van der Waals surface area contributed by atoms with Crippen molar-refractivity contribution in [3.8, 4) is 5.82 Å². The Kier molecular flexibility index (Phi) is 4.73. The van der Waals surface area contributed by atoms with Crippen LogP contribution < -0.4 is 5.56 Å². The molecule has 134 valence electrons. The van der Waals surface area contributed by atoms with E-state index in [1.54, 1.807) is 24.4 Å². The summed E-state index contributed by atoms with van der Waals surface area (Å²) in [6.45, 7) is 1.95. The first-order valence-corrected chi connectivity index (χ1v) is 9.42. The Balaban J connectivity index is 1.81. The highest BCUT2D eigenvalue weighted by molar-refractivity contribution is 7.98. The standard InChI is InChI=1S/C21H16FN3OS/c1-14-6-11-19(23-12-14)25-20(26)17-4-2-3-5-18(17)24-21(25)27-13-15-7-9-16(22)10-8-15/h2-12H,13H2,1H3. The third-order valence-electron chi connectivity index (χ3n) is 4.15. The Hall–Kier alpha value is -2.99. The van der Waals surface area contributed by atoms with Crippen LogP contribution in [0.25, 0.3) is 16.7 Å². The van der Waals surface area contributed by atoms with Crippen LogP contribution in [-0.4, -0.2) is 14.5 Å². The molecule has 0 saturated carbocycles. The molecule has 4 nitrogen and oxygen atoms in total. The van der Waals surface area contributed by atoms with E-state index in [2.05, 4.69) is 9.97 Å². The zero-order chi connectivity index (χ0) is 18.8. The van der Waals surface area contributed by atoms with Crippen LogP contribution in [-0.2, 0) is 5.75 Å². The van der Waals surface area contributed by atoms with Gasteiger partial charge >= 0.3 is 0 Å². The van der Waals surface area contributed by atoms with E-state index < -0.39 is 0 Å². The fourth-order valence-corrected chi connectivity index (χ4v) is 3.69. The lowest BCUT2D eigenvalue weighted by molar-refractivity contribution is 0.627. The van der Waals surface area contributed by atoms with E-state index in [9.17, 15) is 9.18 Å². The van der Waals surface area contributed by atoms with Gasteiger partial charge in [-0.25, -0.2) is 18.9 Å². The summed E-state index contributed by atoms with van der Waals surface area (Å²) in [5.74, 6) is 0.829. The highest BCUT2D eigenvalue weighted by Crippen LogP contribution is 2.24. The number of halogens is 1. The van der Waals surface area contributed by atoms with E-state index in [0.29, 0.717) is 27.6 Å². The number of rotatable bonds is 4. The van der Waals surface area contributed by atoms with Gasteiger partial charge in [0, 0.05) is 11.9 Å². The van der Waals surface area contributed by atoms with E-state index in [1.807, 2.05) is 37.3 Å². The fourth-order valence-electron chi connectivity index (χ4n) is 2.73. The smallest absolute Gasteiger partial charge is 0.267 e. The van der Waals surface area contributed by atoms with Crippen LogP contribution in [0.1, 0.15) is 11.1 Å². The zero-order valence-electron chi connectivity index (χ0n) is 14.6. The molecule has 0 radical (unpaired) electrons. The molecule has 0 unspecified atom stereocenters. The number of hydrogen-bond donors (Lipinski definition) is 0. The molecule has 2 heterocycles. The minimum absolute atomic E-state index is 0.154. The van der Waals surface area contributed by atoms with Crippen LogP contribution >= 0.6 is 11.8 Å². The monoisotopic (exact) mass is 377 g/mol. The molecule has 0 fully saturated rings. The number of pyridine rings is 1. The van der Waals surface area contributed by atoms with E-state index in [-0.39, 0.29) is 11.4 Å². The van der Waals surface area contributed by atoms with Gasteiger partial charge in [0.1, 0.15) is 11.6 Å². The normalized spacial score (nSPS) is 11.0. The van der Waals surface area contributed by atoms with Crippen molar-refractivity contribution in [2.75, 3.05) is 0 Å². The molecule has 0 aliphatic heterocycles. The Morgan fingerprint density at radius 1 is 1.04 bits per heavy atom. The lowest BCUT2D eigenvalue weighted by atomic mass is 10.2. The molecule has 0 N–H and O–H groups in total. The quantitative estimate of drug-likeness (QED) is 0.387. The Morgan fingerprint density at radius 3 is 2.56 bits per heavy atom. The van der Waals surface area contributed by atoms with Crippen LogP contribution in [0.5, 0.6) is 0 Å². The summed E-state index contributed by atoms with van der Waals surface area (Å²) in [5, 5.41) is 1.10. The molecule has 4 aromatic rings. The van der Waals surface area contributed by atoms with Crippen molar-refractivity contribution >= 4 is 22.7 Å². The van der Waals surface area contributed by atoms with Gasteiger partial charge in [-0.05, 0) is 48.4 Å². The average Bonchev–Trinajstić information content (AvgIpc) is 2.69. The molecule has 0 atom stereocenters. The molecular formula is C21H16FN3OS. The van der Waals surface area contributed by atoms with E-state index in [1.165, 1.54) is 28.5 Å². The lowest BCUT2D eigenvalue weighted by Gasteiger charge is -2.12. The lowest BCUT2D eigenvalue weighted by Crippen LogP contribution is -2.22. The maximum Gasteiger partial charge on any atom is 0.267 e. The molecule has 2 aromatic heterocycles. The molecule has 6 heteroatoms. The van der Waals surface area contributed by atoms with Crippen LogP contribution in [0.15, 0.2) is 76.8 Å². The van der Waals surface area contributed by atoms with Crippen molar-refractivity contribution in [3.05, 3.63) is 94.2 Å². The number of benzene rings is 2. The molecule has 0 spiro atoms. The number of thioether (sulfide) groups is 1. The summed E-state index contributed by atoms with van der Waals surface area (Å²) in [7, 11) is 0. The summed E-state index contributed by atoms with van der Waals surface area (Å²) in [6.07, 6.45) is 1.73. The Labute approximate surface area is 159 Å². The second kappa shape index (κ2) is 7.32. The molecule has 0 aliphatic carbocycles. The summed E-state index contributed by atoms with van der Waals surface area (Å²) >= 11 is 1.42. The minimum atomic E-state index is -0.270. The largest absolute Gasteiger partial charge is 0.268 e. The summed E-state index contributed by atoms with van der Waals surface area (Å²) < 4.78 is 14.7. The van der Waals surface area contributed by atoms with Gasteiger partial charge in [0.05, 0.1) is 10.9 Å². The van der Waals surface area contributed by atoms with Crippen molar-refractivity contribution < 1.29 is 4.39 Å². The van der Waals surface area contributed by atoms with Gasteiger partial charge in [-0.15, -0.1) is 0 Å². The second-order valence-electron chi connectivity index (χ2n) is 6.16. The molecule has 0 aliphatic rings. The second-order valence-corrected chi connectivity index (χ2v) is 7.10. The third-order valence-corrected chi connectivity index (χ3v) is 5.16. The average molecular weight is 377 g/mol. The van der Waals surface area contributed by atoms with Crippen molar-refractivity contribution in [1.29, 1.82) is 0 Å². The van der Waals surface area contributed by atoms with E-state index in [4.69, 9.17) is 0 Å². The van der Waals surface area contributed by atoms with E-state index in [0.717, 1.165) is 11.1 Å². The van der Waals surface area contributed by atoms with Gasteiger partial charge < -0.3 is 0 Å². The van der Waals surface area contributed by atoms with Crippen LogP contribution in [0.2, 0.25) is 0 Å². The maximum atomic E-state index is 13.1. The van der Waals surface area contributed by atoms with Crippen molar-refractivity contribution in [1.82, 2.24) is 14.5 Å². The number of hydrogen-bond acceptors (Lipinski definition) is 4. The maximum absolute atomic E-state index is 13.1. The first-order valence-electron chi connectivity index (χ1n) is 8.44. The number of fused-ring (bicyclic) bond motifs is 1. The highest BCUT2D eigenvalue weighted by atomic mass is 32.2. The molecule has 0 saturated heterocycles. The number of aromatic nitrogens is 3. The number of para-hydroxylation sites is 1. The molecule has 27 heavy (non-hydrogen) atoms.